The van der Waals surface area contributed by atoms with Gasteiger partial charge in [0.1, 0.15) is 17.1 Å². The second kappa shape index (κ2) is 10.8. The van der Waals surface area contributed by atoms with E-state index < -0.39 is 11.2 Å². The van der Waals surface area contributed by atoms with Crippen molar-refractivity contribution >= 4 is 33.6 Å². The van der Waals surface area contributed by atoms with Gasteiger partial charge in [0.25, 0.3) is 0 Å². The van der Waals surface area contributed by atoms with Crippen LogP contribution in [0.15, 0.2) is 57.5 Å². The Hall–Kier alpha value is -2.14. The molecule has 1 aromatic rings. The Morgan fingerprint density at radius 2 is 1.70 bits per heavy atom. The zero-order valence-electron chi connectivity index (χ0n) is 18.3. The van der Waals surface area contributed by atoms with E-state index in [4.69, 9.17) is 4.74 Å². The molecule has 0 atom stereocenters. The van der Waals surface area contributed by atoms with Gasteiger partial charge < -0.3 is 9.84 Å². The van der Waals surface area contributed by atoms with E-state index in [-0.39, 0.29) is 17.1 Å². The van der Waals surface area contributed by atoms with Gasteiger partial charge in [0.05, 0.1) is 12.5 Å². The second-order valence-corrected chi connectivity index (χ2v) is 8.56. The zero-order valence-corrected chi connectivity index (χ0v) is 19.8. The lowest BCUT2D eigenvalue weighted by Gasteiger charge is -2.38. The molecule has 0 aromatic heterocycles. The highest BCUT2D eigenvalue weighted by molar-refractivity contribution is 9.10. The zero-order chi connectivity index (χ0) is 22.3. The van der Waals surface area contributed by atoms with Gasteiger partial charge in [-0.1, -0.05) is 74.2 Å². The van der Waals surface area contributed by atoms with Crippen molar-refractivity contribution in [1.82, 2.24) is 0 Å². The van der Waals surface area contributed by atoms with Gasteiger partial charge in [-0.2, -0.15) is 0 Å². The summed E-state index contributed by atoms with van der Waals surface area (Å²) in [6.45, 7) is 6.04. The van der Waals surface area contributed by atoms with E-state index in [1.165, 1.54) is 6.08 Å². The van der Waals surface area contributed by atoms with Crippen molar-refractivity contribution in [2.45, 2.75) is 59.3 Å². The Bertz CT molecular complexity index is 869. The smallest absolute Gasteiger partial charge is 0.193 e. The topological polar surface area (TPSA) is 63.6 Å². The van der Waals surface area contributed by atoms with Crippen molar-refractivity contribution in [2.24, 2.45) is 5.41 Å². The molecular weight excluding hydrogens is 444 g/mol. The molecule has 0 saturated carbocycles. The van der Waals surface area contributed by atoms with Crippen molar-refractivity contribution in [3.05, 3.63) is 63.0 Å². The molecule has 0 amide bonds. The highest BCUT2D eigenvalue weighted by Crippen LogP contribution is 2.48. The highest BCUT2D eigenvalue weighted by Gasteiger charge is 2.50. The first-order valence-corrected chi connectivity index (χ1v) is 11.4. The van der Waals surface area contributed by atoms with Crippen LogP contribution in [0.25, 0.3) is 6.08 Å². The molecule has 2 rings (SSSR count). The average Bonchev–Trinajstić information content (AvgIpc) is 2.72. The Balaban J connectivity index is 2.58. The molecule has 0 unspecified atom stereocenters. The van der Waals surface area contributed by atoms with Crippen molar-refractivity contribution in [1.29, 1.82) is 0 Å². The minimum atomic E-state index is -0.897. The number of hydrogen-bond donors (Lipinski definition) is 1. The lowest BCUT2D eigenvalue weighted by Crippen LogP contribution is -2.41. The largest absolute Gasteiger partial charge is 0.507 e. The van der Waals surface area contributed by atoms with Crippen LogP contribution >= 0.6 is 15.9 Å². The Kier molecular flexibility index (Phi) is 8.65. The summed E-state index contributed by atoms with van der Waals surface area (Å²) in [5.74, 6) is -0.498. The summed E-state index contributed by atoms with van der Waals surface area (Å²) in [5.41, 5.74) is 0.410. The van der Waals surface area contributed by atoms with Gasteiger partial charge in [-0.15, -0.1) is 0 Å². The molecule has 5 heteroatoms. The lowest BCUT2D eigenvalue weighted by molar-refractivity contribution is -0.128. The van der Waals surface area contributed by atoms with Crippen LogP contribution in [0.3, 0.4) is 0 Å². The average molecular weight is 475 g/mol. The number of Topliss-reactive ketones (excluding diaryl/α,β-unsaturated/α-hetero) is 1. The number of methoxy groups -OCH3 is 1. The molecule has 0 fully saturated rings. The SMILES string of the molecule is CCCC1=C(OC)C(CCC)(CCC)C(=O)C(C(=O)/C=C/c2ccc(Br)cc2)=C1O. The molecule has 30 heavy (non-hydrogen) atoms. The van der Waals surface area contributed by atoms with Crippen LogP contribution in [0.1, 0.15) is 64.9 Å². The Morgan fingerprint density at radius 3 is 2.20 bits per heavy atom. The summed E-state index contributed by atoms with van der Waals surface area (Å²) in [4.78, 5) is 26.8. The van der Waals surface area contributed by atoms with E-state index in [1.54, 1.807) is 13.2 Å². The van der Waals surface area contributed by atoms with Gasteiger partial charge in [-0.05, 0) is 43.0 Å². The van der Waals surface area contributed by atoms with Crippen molar-refractivity contribution in [2.75, 3.05) is 7.11 Å². The molecule has 1 aliphatic carbocycles. The fourth-order valence-corrected chi connectivity index (χ4v) is 4.55. The third-order valence-electron chi connectivity index (χ3n) is 5.49. The number of allylic oxidation sites excluding steroid dienone is 4. The molecular formula is C25H31BrO4. The van der Waals surface area contributed by atoms with Crippen LogP contribution < -0.4 is 0 Å². The number of ether oxygens (including phenoxy) is 1. The number of carbonyl (C=O) groups excluding carboxylic acids is 2. The Morgan fingerprint density at radius 1 is 1.10 bits per heavy atom. The number of ketones is 2. The Labute approximate surface area is 187 Å². The molecule has 1 aliphatic rings. The summed E-state index contributed by atoms with van der Waals surface area (Å²) in [7, 11) is 1.55. The van der Waals surface area contributed by atoms with E-state index >= 15 is 0 Å². The van der Waals surface area contributed by atoms with E-state index in [2.05, 4.69) is 15.9 Å². The summed E-state index contributed by atoms with van der Waals surface area (Å²) < 4.78 is 6.66. The summed E-state index contributed by atoms with van der Waals surface area (Å²) in [6, 6.07) is 7.50. The van der Waals surface area contributed by atoms with Gasteiger partial charge in [0.15, 0.2) is 11.6 Å². The van der Waals surface area contributed by atoms with Gasteiger partial charge >= 0.3 is 0 Å². The summed E-state index contributed by atoms with van der Waals surface area (Å²) in [6.07, 6.45) is 7.06. The number of aliphatic hydroxyl groups excluding tert-OH is 1. The number of hydrogen-bond acceptors (Lipinski definition) is 4. The first-order chi connectivity index (χ1) is 14.4. The first kappa shape index (κ1) is 24.1. The predicted octanol–water partition coefficient (Wildman–Crippen LogP) is 6.71. The maximum absolute atomic E-state index is 13.7. The first-order valence-electron chi connectivity index (χ1n) is 10.6. The minimum Gasteiger partial charge on any atom is -0.507 e. The number of aliphatic hydroxyl groups is 1. The van der Waals surface area contributed by atoms with Crippen LogP contribution in [0.2, 0.25) is 0 Å². The monoisotopic (exact) mass is 474 g/mol. The predicted molar refractivity (Wildman–Crippen MR) is 124 cm³/mol. The standard InChI is InChI=1S/C25H31BrO4/c1-5-8-19-22(28)21(20(27)14-11-17-9-12-18(26)13-10-17)23(29)25(15-6-2,16-7-3)24(19)30-4/h9-14,28H,5-8,15-16H2,1-4H3/b14-11+. The molecule has 0 bridgehead atoms. The van der Waals surface area contributed by atoms with Crippen molar-refractivity contribution < 1.29 is 19.4 Å². The number of rotatable bonds is 10. The molecule has 1 aromatic carbocycles. The number of carbonyl (C=O) groups is 2. The van der Waals surface area contributed by atoms with Gasteiger partial charge in [0, 0.05) is 10.0 Å². The maximum atomic E-state index is 13.7. The second-order valence-electron chi connectivity index (χ2n) is 7.65. The van der Waals surface area contributed by atoms with Crippen LogP contribution in [-0.4, -0.2) is 23.8 Å². The molecule has 162 valence electrons. The lowest BCUT2D eigenvalue weighted by atomic mass is 9.66. The van der Waals surface area contributed by atoms with E-state index in [0.717, 1.165) is 29.3 Å². The van der Waals surface area contributed by atoms with Gasteiger partial charge in [-0.25, -0.2) is 0 Å². The minimum absolute atomic E-state index is 0.116. The number of halogens is 1. The molecule has 1 N–H and O–H groups in total. The number of benzene rings is 1. The van der Waals surface area contributed by atoms with Gasteiger partial charge in [-0.3, -0.25) is 9.59 Å². The van der Waals surface area contributed by atoms with Crippen LogP contribution in [-0.2, 0) is 14.3 Å². The third kappa shape index (κ3) is 4.77. The fourth-order valence-electron chi connectivity index (χ4n) is 4.29. The highest BCUT2D eigenvalue weighted by atomic mass is 79.9. The van der Waals surface area contributed by atoms with E-state index in [0.29, 0.717) is 30.6 Å². The molecule has 0 heterocycles. The van der Waals surface area contributed by atoms with Crippen LogP contribution in [0.4, 0.5) is 0 Å². The quantitative estimate of drug-likeness (QED) is 0.302. The van der Waals surface area contributed by atoms with Gasteiger partial charge in [0.2, 0.25) is 0 Å². The van der Waals surface area contributed by atoms with Crippen LogP contribution in [0.5, 0.6) is 0 Å². The molecule has 0 spiro atoms. The van der Waals surface area contributed by atoms with E-state index in [9.17, 15) is 14.7 Å². The summed E-state index contributed by atoms with van der Waals surface area (Å²) >= 11 is 3.39. The molecule has 0 radical (unpaired) electrons. The molecule has 0 saturated heterocycles. The van der Waals surface area contributed by atoms with E-state index in [1.807, 2.05) is 45.0 Å². The third-order valence-corrected chi connectivity index (χ3v) is 6.02. The normalized spacial score (nSPS) is 16.5. The maximum Gasteiger partial charge on any atom is 0.193 e. The van der Waals surface area contributed by atoms with Crippen LogP contribution in [0, 0.1) is 5.41 Å². The van der Waals surface area contributed by atoms with Crippen molar-refractivity contribution in [3.8, 4) is 0 Å². The van der Waals surface area contributed by atoms with Crippen molar-refractivity contribution in [3.63, 3.8) is 0 Å². The molecule has 4 nitrogen and oxygen atoms in total. The fraction of sp³-hybridized carbons (Fsp3) is 0.440. The summed E-state index contributed by atoms with van der Waals surface area (Å²) in [5, 5.41) is 11.0. The molecule has 0 aliphatic heterocycles.